The van der Waals surface area contributed by atoms with Crippen molar-refractivity contribution < 1.29 is 34.1 Å². The summed E-state index contributed by atoms with van der Waals surface area (Å²) in [6.45, 7) is -0.00305. The summed E-state index contributed by atoms with van der Waals surface area (Å²) in [4.78, 5) is 47.0. The van der Waals surface area contributed by atoms with Crippen LogP contribution in [0.4, 0.5) is 0 Å². The lowest BCUT2D eigenvalue weighted by Crippen LogP contribution is -2.43. The van der Waals surface area contributed by atoms with E-state index in [0.717, 1.165) is 16.6 Å². The number of carboxylic acid groups (broad SMARTS) is 2. The number of nitrogens with two attached hydrogens (primary N) is 1. The van der Waals surface area contributed by atoms with Crippen molar-refractivity contribution in [2.75, 3.05) is 6.61 Å². The number of fused-ring (bicyclic) bond motifs is 3. The minimum Gasteiger partial charge on any atom is -0.483 e. The second-order valence-electron chi connectivity index (χ2n) is 8.47. The van der Waals surface area contributed by atoms with Crippen molar-refractivity contribution in [1.29, 1.82) is 0 Å². The maximum absolute atomic E-state index is 12.5. The Morgan fingerprint density at radius 2 is 1.57 bits per heavy atom. The number of nitrogens with one attached hydrogen (secondary N) is 1. The number of amides is 2. The van der Waals surface area contributed by atoms with Crippen LogP contribution in [0.25, 0.3) is 21.8 Å². The van der Waals surface area contributed by atoms with E-state index in [1.165, 1.54) is 0 Å². The number of hydrogen-bond acceptors (Lipinski definition) is 5. The fourth-order valence-corrected chi connectivity index (χ4v) is 4.32. The maximum atomic E-state index is 12.5. The van der Waals surface area contributed by atoms with Gasteiger partial charge in [-0.3, -0.25) is 14.4 Å². The van der Waals surface area contributed by atoms with Crippen molar-refractivity contribution in [3.8, 4) is 5.75 Å². The van der Waals surface area contributed by atoms with Gasteiger partial charge in [0.25, 0.3) is 5.91 Å². The summed E-state index contributed by atoms with van der Waals surface area (Å²) in [5, 5.41) is 21.6. The Morgan fingerprint density at radius 3 is 2.22 bits per heavy atom. The number of carbonyl (C=O) groups excluding carboxylic acids is 2. The van der Waals surface area contributed by atoms with Crippen LogP contribution >= 0.6 is 0 Å². The first-order valence-corrected chi connectivity index (χ1v) is 11.5. The molecule has 5 N–H and O–H groups in total. The smallest absolute Gasteiger partial charge is 0.326 e. The van der Waals surface area contributed by atoms with Crippen LogP contribution in [0.2, 0.25) is 0 Å². The third-order valence-corrected chi connectivity index (χ3v) is 5.97. The second kappa shape index (κ2) is 10.8. The van der Waals surface area contributed by atoms with E-state index in [0.29, 0.717) is 28.6 Å². The maximum Gasteiger partial charge on any atom is 0.326 e. The zero-order valence-electron chi connectivity index (χ0n) is 19.7. The van der Waals surface area contributed by atoms with Gasteiger partial charge in [-0.05, 0) is 36.2 Å². The number of primary amides is 1. The standard InChI is InChI=1S/C27H25N3O7/c28-26(34)17-8-4-9-19-24(17)25-20(30(19)14-16-6-2-1-3-7-16)10-5-11-21(25)37-15-22(31)29-18(27(35)36)12-13-23(32)33/h1-11,18H,12-15H2,(H2,28,34)(H,29,31)(H,32,33)(H,35,36)/t18-/m0/s1. The molecule has 190 valence electrons. The van der Waals surface area contributed by atoms with Gasteiger partial charge >= 0.3 is 11.9 Å². The molecule has 0 bridgehead atoms. The Bertz CT molecular complexity index is 1490. The molecule has 0 spiro atoms. The van der Waals surface area contributed by atoms with Crippen LogP contribution < -0.4 is 15.8 Å². The third-order valence-electron chi connectivity index (χ3n) is 5.97. The van der Waals surface area contributed by atoms with E-state index in [4.69, 9.17) is 15.6 Å². The van der Waals surface area contributed by atoms with E-state index in [1.54, 1.807) is 24.3 Å². The molecule has 0 radical (unpaired) electrons. The number of rotatable bonds is 11. The van der Waals surface area contributed by atoms with E-state index >= 15 is 0 Å². The van der Waals surface area contributed by atoms with Crippen LogP contribution in [0.3, 0.4) is 0 Å². The SMILES string of the molecule is NC(=O)c1cccc2c1c1c(OCC(=O)N[C@@H](CCC(=O)O)C(=O)O)cccc1n2Cc1ccccc1. The van der Waals surface area contributed by atoms with Crippen molar-refractivity contribution in [1.82, 2.24) is 9.88 Å². The molecule has 0 aliphatic carbocycles. The largest absolute Gasteiger partial charge is 0.483 e. The molecule has 10 nitrogen and oxygen atoms in total. The molecule has 2 amide bonds. The average molecular weight is 504 g/mol. The lowest BCUT2D eigenvalue weighted by atomic mass is 10.1. The molecule has 0 saturated carbocycles. The van der Waals surface area contributed by atoms with Crippen molar-refractivity contribution in [3.63, 3.8) is 0 Å². The number of carboxylic acids is 2. The molecular formula is C27H25N3O7. The molecule has 0 fully saturated rings. The molecule has 0 unspecified atom stereocenters. The fraction of sp³-hybridized carbons (Fsp3) is 0.185. The number of carbonyl (C=O) groups is 4. The van der Waals surface area contributed by atoms with Crippen molar-refractivity contribution in [2.45, 2.75) is 25.4 Å². The highest BCUT2D eigenvalue weighted by atomic mass is 16.5. The molecule has 0 aliphatic heterocycles. The van der Waals surface area contributed by atoms with Crippen LogP contribution in [-0.4, -0.2) is 51.2 Å². The normalized spacial score (nSPS) is 11.8. The minimum absolute atomic E-state index is 0.263. The number of aromatic nitrogens is 1. The van der Waals surface area contributed by atoms with Crippen LogP contribution in [-0.2, 0) is 20.9 Å². The van der Waals surface area contributed by atoms with Crippen LogP contribution in [0, 0.1) is 0 Å². The van der Waals surface area contributed by atoms with E-state index < -0.39 is 42.8 Å². The zero-order chi connectivity index (χ0) is 26.5. The average Bonchev–Trinajstić information content (AvgIpc) is 3.19. The van der Waals surface area contributed by atoms with E-state index in [2.05, 4.69) is 5.32 Å². The Morgan fingerprint density at radius 1 is 0.892 bits per heavy atom. The van der Waals surface area contributed by atoms with Crippen LogP contribution in [0.5, 0.6) is 5.75 Å². The van der Waals surface area contributed by atoms with Crippen molar-refractivity contribution in [3.05, 3.63) is 77.9 Å². The molecule has 10 heteroatoms. The number of nitrogens with zero attached hydrogens (tertiary/aromatic N) is 1. The van der Waals surface area contributed by atoms with Crippen LogP contribution in [0.1, 0.15) is 28.8 Å². The Balaban J connectivity index is 1.70. The van der Waals surface area contributed by atoms with Gasteiger partial charge in [0.1, 0.15) is 11.8 Å². The highest BCUT2D eigenvalue weighted by molar-refractivity contribution is 6.19. The topological polar surface area (TPSA) is 161 Å². The monoisotopic (exact) mass is 503 g/mol. The molecule has 1 atom stereocenters. The Labute approximate surface area is 211 Å². The second-order valence-corrected chi connectivity index (χ2v) is 8.47. The number of ether oxygens (including phenoxy) is 1. The van der Waals surface area contributed by atoms with Gasteiger partial charge in [0.15, 0.2) is 6.61 Å². The molecule has 4 aromatic rings. The molecule has 3 aromatic carbocycles. The first-order valence-electron chi connectivity index (χ1n) is 11.5. The molecule has 1 aromatic heterocycles. The number of benzene rings is 3. The van der Waals surface area contributed by atoms with Crippen molar-refractivity contribution in [2.24, 2.45) is 5.73 Å². The highest BCUT2D eigenvalue weighted by Crippen LogP contribution is 2.38. The van der Waals surface area contributed by atoms with Gasteiger partial charge in [-0.25, -0.2) is 4.79 Å². The summed E-state index contributed by atoms with van der Waals surface area (Å²) >= 11 is 0. The van der Waals surface area contributed by atoms with Gasteiger partial charge in [-0.1, -0.05) is 42.5 Å². The molecule has 37 heavy (non-hydrogen) atoms. The molecular weight excluding hydrogens is 478 g/mol. The molecule has 1 heterocycles. The van der Waals surface area contributed by atoms with Gasteiger partial charge in [0, 0.05) is 23.9 Å². The minimum atomic E-state index is -1.36. The summed E-state index contributed by atoms with van der Waals surface area (Å²) in [6.07, 6.45) is -0.671. The van der Waals surface area contributed by atoms with Crippen molar-refractivity contribution >= 4 is 45.6 Å². The van der Waals surface area contributed by atoms with E-state index in [-0.39, 0.29) is 6.42 Å². The summed E-state index contributed by atoms with van der Waals surface area (Å²) in [7, 11) is 0. The first kappa shape index (κ1) is 25.2. The van der Waals surface area contributed by atoms with E-state index in [9.17, 15) is 24.3 Å². The predicted molar refractivity (Wildman–Crippen MR) is 135 cm³/mol. The molecule has 4 rings (SSSR count). The lowest BCUT2D eigenvalue weighted by Gasteiger charge is -2.14. The molecule has 0 saturated heterocycles. The summed E-state index contributed by atoms with van der Waals surface area (Å²) in [6, 6.07) is 19.0. The zero-order valence-corrected chi connectivity index (χ0v) is 19.7. The highest BCUT2D eigenvalue weighted by Gasteiger charge is 2.23. The van der Waals surface area contributed by atoms with Gasteiger partial charge in [0.05, 0.1) is 16.4 Å². The van der Waals surface area contributed by atoms with Gasteiger partial charge in [-0.15, -0.1) is 0 Å². The van der Waals surface area contributed by atoms with Crippen LogP contribution in [0.15, 0.2) is 66.7 Å². The third kappa shape index (κ3) is 5.53. The predicted octanol–water partition coefficient (Wildman–Crippen LogP) is 2.75. The van der Waals surface area contributed by atoms with Gasteiger partial charge in [-0.2, -0.15) is 0 Å². The first-order chi connectivity index (χ1) is 17.8. The number of aliphatic carboxylic acids is 2. The summed E-state index contributed by atoms with van der Waals surface area (Å²) in [5.74, 6) is -3.53. The number of hydrogen-bond donors (Lipinski definition) is 4. The lowest BCUT2D eigenvalue weighted by molar-refractivity contribution is -0.143. The van der Waals surface area contributed by atoms with Gasteiger partial charge in [0.2, 0.25) is 5.91 Å². The van der Waals surface area contributed by atoms with Gasteiger partial charge < -0.3 is 30.6 Å². The molecule has 0 aliphatic rings. The summed E-state index contributed by atoms with van der Waals surface area (Å²) < 4.78 is 7.84. The van der Waals surface area contributed by atoms with E-state index in [1.807, 2.05) is 47.0 Å². The summed E-state index contributed by atoms with van der Waals surface area (Å²) in [5.41, 5.74) is 8.55. The fourth-order valence-electron chi connectivity index (χ4n) is 4.32. The Hall–Kier alpha value is -4.86. The Kier molecular flexibility index (Phi) is 7.38. The quantitative estimate of drug-likeness (QED) is 0.245.